The Labute approximate surface area is 141 Å². The minimum absolute atomic E-state index is 0. The van der Waals surface area contributed by atoms with Gasteiger partial charge in [-0.05, 0) is 45.6 Å². The second kappa shape index (κ2) is 10.7. The van der Waals surface area contributed by atoms with Gasteiger partial charge >= 0.3 is 0 Å². The van der Waals surface area contributed by atoms with E-state index in [-0.39, 0.29) is 25.4 Å². The minimum atomic E-state index is -0.363. The lowest BCUT2D eigenvalue weighted by molar-refractivity contribution is -0.134. The summed E-state index contributed by atoms with van der Waals surface area (Å²) in [5.41, 5.74) is 5.15. The van der Waals surface area contributed by atoms with Gasteiger partial charge in [-0.1, -0.05) is 60.6 Å². The number of Topliss-reactive ketones (excluding diaryl/α,β-unsaturated/α-hetero) is 2. The Kier molecular flexibility index (Phi) is 9.80. The summed E-state index contributed by atoms with van der Waals surface area (Å²) in [4.78, 5) is 22.1. The summed E-state index contributed by atoms with van der Waals surface area (Å²) >= 11 is 0. The highest BCUT2D eigenvalue weighted by Crippen LogP contribution is 2.13. The van der Waals surface area contributed by atoms with Gasteiger partial charge in [-0.3, -0.25) is 9.59 Å². The molecule has 0 bridgehead atoms. The Balaban J connectivity index is 0.00000484. The highest BCUT2D eigenvalue weighted by atomic mass is 16.2. The van der Waals surface area contributed by atoms with Crippen molar-refractivity contribution in [3.63, 3.8) is 0 Å². The van der Waals surface area contributed by atoms with Crippen LogP contribution in [0.15, 0.2) is 47.6 Å². The zero-order chi connectivity index (χ0) is 16.5. The van der Waals surface area contributed by atoms with Crippen molar-refractivity contribution >= 4 is 11.6 Å². The smallest absolute Gasteiger partial charge is 0.201 e. The molecule has 0 fully saturated rings. The Hall–Kier alpha value is -1.96. The van der Waals surface area contributed by atoms with Crippen molar-refractivity contribution in [3.8, 4) is 0 Å². The molecule has 0 N–H and O–H groups in total. The van der Waals surface area contributed by atoms with Gasteiger partial charge in [0.05, 0.1) is 0 Å². The van der Waals surface area contributed by atoms with Crippen LogP contribution in [0.2, 0.25) is 0 Å². The summed E-state index contributed by atoms with van der Waals surface area (Å²) in [5, 5.41) is 0. The van der Waals surface area contributed by atoms with E-state index >= 15 is 0 Å². The molecule has 0 saturated heterocycles. The Morgan fingerprint density at radius 3 is 2.35 bits per heavy atom. The molecule has 0 aliphatic rings. The average Bonchev–Trinajstić information content (AvgIpc) is 2.44. The molecular formula is C21H30O2. The number of hydrogen-bond donors (Lipinski definition) is 0. The van der Waals surface area contributed by atoms with Crippen molar-refractivity contribution in [1.82, 2.24) is 0 Å². The number of benzene rings is 1. The van der Waals surface area contributed by atoms with E-state index in [1.165, 1.54) is 23.6 Å². The zero-order valence-corrected chi connectivity index (χ0v) is 14.1. The van der Waals surface area contributed by atoms with Gasteiger partial charge < -0.3 is 0 Å². The Bertz CT molecular complexity index is 592. The van der Waals surface area contributed by atoms with E-state index in [1.54, 1.807) is 0 Å². The molecule has 2 heteroatoms. The van der Waals surface area contributed by atoms with E-state index in [9.17, 15) is 9.59 Å². The predicted molar refractivity (Wildman–Crippen MR) is 98.7 cm³/mol. The maximum atomic E-state index is 11.3. The molecule has 1 aromatic rings. The van der Waals surface area contributed by atoms with Crippen LogP contribution in [-0.2, 0) is 16.0 Å². The highest BCUT2D eigenvalue weighted by molar-refractivity contribution is 6.36. The maximum absolute atomic E-state index is 11.3. The van der Waals surface area contributed by atoms with Crippen LogP contribution in [-0.4, -0.2) is 11.6 Å². The Morgan fingerprint density at radius 2 is 1.74 bits per heavy atom. The van der Waals surface area contributed by atoms with E-state index in [0.717, 1.165) is 24.8 Å². The number of allylic oxidation sites excluding steroid dienone is 4. The fourth-order valence-corrected chi connectivity index (χ4v) is 2.28. The number of rotatable bonds is 8. The second-order valence-electron chi connectivity index (χ2n) is 5.99. The van der Waals surface area contributed by atoms with Gasteiger partial charge in [0.25, 0.3) is 0 Å². The van der Waals surface area contributed by atoms with E-state index in [2.05, 4.69) is 44.2 Å². The lowest BCUT2D eigenvalue weighted by Gasteiger charge is -2.04. The molecule has 0 atom stereocenters. The standard InChI is InChI=1S/C20H26O2.CH4/c1-15(11-12-20(22)18(4)21)7-5-8-16(2)13-19-10-6-9-17(3)14-19;/h6,8-11,14H,5,7,12-13H2,1-4H3;1H4/b15-11+,16-8+;. The second-order valence-corrected chi connectivity index (χ2v) is 5.99. The lowest BCUT2D eigenvalue weighted by atomic mass is 10.0. The van der Waals surface area contributed by atoms with Crippen molar-refractivity contribution in [2.75, 3.05) is 0 Å². The lowest BCUT2D eigenvalue weighted by Crippen LogP contribution is -2.07. The largest absolute Gasteiger partial charge is 0.291 e. The predicted octanol–water partition coefficient (Wildman–Crippen LogP) is 5.39. The Morgan fingerprint density at radius 1 is 1.04 bits per heavy atom. The van der Waals surface area contributed by atoms with E-state index in [1.807, 2.05) is 13.0 Å². The van der Waals surface area contributed by atoms with E-state index < -0.39 is 0 Å². The fraction of sp³-hybridized carbons (Fsp3) is 0.429. The number of carbonyl (C=O) groups is 2. The van der Waals surface area contributed by atoms with Gasteiger partial charge in [-0.2, -0.15) is 0 Å². The minimum Gasteiger partial charge on any atom is -0.291 e. The quantitative estimate of drug-likeness (QED) is 0.476. The van der Waals surface area contributed by atoms with Gasteiger partial charge in [-0.15, -0.1) is 0 Å². The molecule has 0 aromatic heterocycles. The molecule has 0 heterocycles. The fourth-order valence-electron chi connectivity index (χ4n) is 2.28. The van der Waals surface area contributed by atoms with Gasteiger partial charge in [0.15, 0.2) is 5.78 Å². The first-order chi connectivity index (χ1) is 10.4. The normalized spacial score (nSPS) is 11.8. The molecule has 126 valence electrons. The summed E-state index contributed by atoms with van der Waals surface area (Å²) in [5.74, 6) is -0.677. The van der Waals surface area contributed by atoms with Crippen LogP contribution in [0.1, 0.15) is 58.6 Å². The molecule has 2 nitrogen and oxygen atoms in total. The third-order valence-corrected chi connectivity index (χ3v) is 3.63. The van der Waals surface area contributed by atoms with Gasteiger partial charge in [0.1, 0.15) is 0 Å². The third-order valence-electron chi connectivity index (χ3n) is 3.63. The summed E-state index contributed by atoms with van der Waals surface area (Å²) < 4.78 is 0. The molecular weight excluding hydrogens is 284 g/mol. The first-order valence-electron chi connectivity index (χ1n) is 7.79. The number of aryl methyl sites for hydroxylation is 1. The molecule has 0 unspecified atom stereocenters. The summed E-state index contributed by atoms with van der Waals surface area (Å²) in [6, 6.07) is 8.58. The monoisotopic (exact) mass is 314 g/mol. The SMILES string of the molecule is C.CC(=O)C(=O)C/C=C(\C)CC/C=C(\C)Cc1cccc(C)c1. The van der Waals surface area contributed by atoms with Crippen LogP contribution < -0.4 is 0 Å². The van der Waals surface area contributed by atoms with Crippen LogP contribution in [0.25, 0.3) is 0 Å². The summed E-state index contributed by atoms with van der Waals surface area (Å²) in [6.07, 6.45) is 7.23. The number of ketones is 2. The third kappa shape index (κ3) is 8.92. The maximum Gasteiger partial charge on any atom is 0.201 e. The molecule has 1 rings (SSSR count). The zero-order valence-electron chi connectivity index (χ0n) is 14.1. The van der Waals surface area contributed by atoms with Crippen LogP contribution in [0.4, 0.5) is 0 Å². The average molecular weight is 314 g/mol. The highest BCUT2D eigenvalue weighted by Gasteiger charge is 2.04. The van der Waals surface area contributed by atoms with Crippen LogP contribution in [0.5, 0.6) is 0 Å². The van der Waals surface area contributed by atoms with Crippen LogP contribution >= 0.6 is 0 Å². The summed E-state index contributed by atoms with van der Waals surface area (Å²) in [7, 11) is 0. The van der Waals surface area contributed by atoms with Gasteiger partial charge in [0, 0.05) is 13.3 Å². The number of carbonyl (C=O) groups excluding carboxylic acids is 2. The molecule has 0 amide bonds. The van der Waals surface area contributed by atoms with E-state index in [0.29, 0.717) is 0 Å². The topological polar surface area (TPSA) is 34.1 Å². The summed E-state index contributed by atoms with van der Waals surface area (Å²) in [6.45, 7) is 7.60. The van der Waals surface area contributed by atoms with Crippen molar-refractivity contribution in [2.24, 2.45) is 0 Å². The molecule has 0 saturated carbocycles. The molecule has 0 spiro atoms. The van der Waals surface area contributed by atoms with Gasteiger partial charge in [0.2, 0.25) is 5.78 Å². The van der Waals surface area contributed by atoms with Gasteiger partial charge in [-0.25, -0.2) is 0 Å². The molecule has 23 heavy (non-hydrogen) atoms. The number of hydrogen-bond acceptors (Lipinski definition) is 2. The van der Waals surface area contributed by atoms with Crippen molar-refractivity contribution in [3.05, 3.63) is 58.7 Å². The van der Waals surface area contributed by atoms with Crippen LogP contribution in [0, 0.1) is 6.92 Å². The molecule has 0 aliphatic heterocycles. The van der Waals surface area contributed by atoms with Crippen molar-refractivity contribution < 1.29 is 9.59 Å². The first-order valence-corrected chi connectivity index (χ1v) is 7.79. The molecule has 0 aliphatic carbocycles. The van der Waals surface area contributed by atoms with Crippen molar-refractivity contribution in [2.45, 2.75) is 60.8 Å². The molecule has 1 aromatic carbocycles. The first kappa shape index (κ1) is 21.0. The molecule has 0 radical (unpaired) electrons. The van der Waals surface area contributed by atoms with Crippen LogP contribution in [0.3, 0.4) is 0 Å². The van der Waals surface area contributed by atoms with E-state index in [4.69, 9.17) is 0 Å². The van der Waals surface area contributed by atoms with Crippen molar-refractivity contribution in [1.29, 1.82) is 0 Å².